The highest BCUT2D eigenvalue weighted by Crippen LogP contribution is 2.21. The third-order valence-electron chi connectivity index (χ3n) is 4.21. The number of hydrogen-bond donors (Lipinski definition) is 1. The Labute approximate surface area is 135 Å². The summed E-state index contributed by atoms with van der Waals surface area (Å²) in [5, 5.41) is 1.02. The SMILES string of the molecule is Cc1ccc(C[NH+](C)Cc2cc(=O)oc3cc(C)c(C)cc23)o1. The van der Waals surface area contributed by atoms with Crippen LogP contribution in [0.3, 0.4) is 0 Å². The van der Waals surface area contributed by atoms with E-state index in [9.17, 15) is 4.79 Å². The predicted octanol–water partition coefficient (Wildman–Crippen LogP) is 2.53. The molecule has 0 saturated carbocycles. The molecule has 0 amide bonds. The zero-order valence-corrected chi connectivity index (χ0v) is 14.0. The second kappa shape index (κ2) is 6.05. The Hall–Kier alpha value is -2.33. The number of aryl methyl sites for hydroxylation is 3. The first-order chi connectivity index (χ1) is 10.9. The van der Waals surface area contributed by atoms with Crippen LogP contribution >= 0.6 is 0 Å². The van der Waals surface area contributed by atoms with Crippen molar-refractivity contribution in [3.8, 4) is 0 Å². The Bertz CT molecular complexity index is 905. The third-order valence-corrected chi connectivity index (χ3v) is 4.21. The minimum absolute atomic E-state index is 0.294. The van der Waals surface area contributed by atoms with E-state index in [1.54, 1.807) is 6.07 Å². The number of quaternary nitrogens is 1. The quantitative estimate of drug-likeness (QED) is 0.753. The zero-order chi connectivity index (χ0) is 16.6. The van der Waals surface area contributed by atoms with Crippen LogP contribution in [0.2, 0.25) is 0 Å². The van der Waals surface area contributed by atoms with Gasteiger partial charge in [0.15, 0.2) is 5.76 Å². The molecule has 4 heteroatoms. The second-order valence-electron chi connectivity index (χ2n) is 6.35. The van der Waals surface area contributed by atoms with Gasteiger partial charge in [-0.15, -0.1) is 0 Å². The highest BCUT2D eigenvalue weighted by Gasteiger charge is 2.13. The largest absolute Gasteiger partial charge is 0.460 e. The molecule has 1 atom stereocenters. The normalized spacial score (nSPS) is 12.7. The Balaban J connectivity index is 1.92. The Kier molecular flexibility index (Phi) is 4.09. The lowest BCUT2D eigenvalue weighted by atomic mass is 10.0. The fourth-order valence-corrected chi connectivity index (χ4v) is 2.89. The molecule has 2 aromatic heterocycles. The van der Waals surface area contributed by atoms with Gasteiger partial charge in [0.25, 0.3) is 0 Å². The molecule has 0 aliphatic carbocycles. The van der Waals surface area contributed by atoms with Gasteiger partial charge in [-0.2, -0.15) is 0 Å². The molecule has 120 valence electrons. The molecule has 0 aliphatic rings. The Morgan fingerprint density at radius 3 is 2.39 bits per heavy atom. The minimum Gasteiger partial charge on any atom is -0.460 e. The van der Waals surface area contributed by atoms with Crippen LogP contribution in [0.5, 0.6) is 0 Å². The van der Waals surface area contributed by atoms with E-state index in [1.807, 2.05) is 32.0 Å². The van der Waals surface area contributed by atoms with Gasteiger partial charge in [-0.05, 0) is 56.2 Å². The van der Waals surface area contributed by atoms with E-state index in [0.717, 1.165) is 41.1 Å². The van der Waals surface area contributed by atoms with Crippen LogP contribution < -0.4 is 10.5 Å². The van der Waals surface area contributed by atoms with Crippen molar-refractivity contribution in [2.75, 3.05) is 7.05 Å². The van der Waals surface area contributed by atoms with Gasteiger partial charge in [0.2, 0.25) is 0 Å². The van der Waals surface area contributed by atoms with Gasteiger partial charge < -0.3 is 13.7 Å². The number of rotatable bonds is 4. The van der Waals surface area contributed by atoms with Crippen LogP contribution in [0.4, 0.5) is 0 Å². The summed E-state index contributed by atoms with van der Waals surface area (Å²) in [5.41, 5.74) is 3.71. The van der Waals surface area contributed by atoms with Crippen molar-refractivity contribution in [2.24, 2.45) is 0 Å². The summed E-state index contributed by atoms with van der Waals surface area (Å²) in [6.07, 6.45) is 0. The first-order valence-corrected chi connectivity index (χ1v) is 7.83. The topological polar surface area (TPSA) is 47.8 Å². The Morgan fingerprint density at radius 2 is 1.70 bits per heavy atom. The van der Waals surface area contributed by atoms with Crippen LogP contribution in [-0.4, -0.2) is 7.05 Å². The molecule has 2 heterocycles. The fourth-order valence-electron chi connectivity index (χ4n) is 2.89. The van der Waals surface area contributed by atoms with Crippen molar-refractivity contribution in [1.29, 1.82) is 0 Å². The summed E-state index contributed by atoms with van der Waals surface area (Å²) in [5.74, 6) is 1.88. The smallest absolute Gasteiger partial charge is 0.336 e. The standard InChI is InChI=1S/C19H21NO3/c1-12-7-17-15(9-19(21)23-18(17)8-13(12)2)10-20(4)11-16-6-5-14(3)22-16/h5-9H,10-11H2,1-4H3/p+1. The molecule has 0 radical (unpaired) electrons. The maximum absolute atomic E-state index is 11.8. The lowest BCUT2D eigenvalue weighted by molar-refractivity contribution is -0.908. The van der Waals surface area contributed by atoms with E-state index in [0.29, 0.717) is 5.58 Å². The summed E-state index contributed by atoms with van der Waals surface area (Å²) in [7, 11) is 2.10. The minimum atomic E-state index is -0.294. The fraction of sp³-hybridized carbons (Fsp3) is 0.316. The molecule has 1 unspecified atom stereocenters. The molecule has 0 aliphatic heterocycles. The first-order valence-electron chi connectivity index (χ1n) is 7.83. The van der Waals surface area contributed by atoms with Gasteiger partial charge in [-0.25, -0.2) is 4.79 Å². The number of nitrogens with one attached hydrogen (secondary N) is 1. The molecule has 0 fully saturated rings. The molecule has 1 aromatic carbocycles. The van der Waals surface area contributed by atoms with Crippen LogP contribution in [0.1, 0.15) is 28.2 Å². The van der Waals surface area contributed by atoms with E-state index < -0.39 is 0 Å². The molecular formula is C19H22NO3+. The first kappa shape index (κ1) is 15.6. The summed E-state index contributed by atoms with van der Waals surface area (Å²) in [4.78, 5) is 13.1. The molecule has 3 rings (SSSR count). The van der Waals surface area contributed by atoms with Gasteiger partial charge >= 0.3 is 5.63 Å². The van der Waals surface area contributed by atoms with E-state index in [4.69, 9.17) is 8.83 Å². The Morgan fingerprint density at radius 1 is 0.957 bits per heavy atom. The van der Waals surface area contributed by atoms with E-state index in [-0.39, 0.29) is 5.63 Å². The van der Waals surface area contributed by atoms with Gasteiger partial charge in [0.1, 0.15) is 24.4 Å². The molecule has 0 saturated heterocycles. The molecule has 0 bridgehead atoms. The van der Waals surface area contributed by atoms with E-state index in [2.05, 4.69) is 20.0 Å². The number of benzene rings is 1. The van der Waals surface area contributed by atoms with Crippen LogP contribution in [0.25, 0.3) is 11.0 Å². The molecule has 4 nitrogen and oxygen atoms in total. The lowest BCUT2D eigenvalue weighted by Gasteiger charge is -2.14. The van der Waals surface area contributed by atoms with E-state index in [1.165, 1.54) is 10.5 Å². The summed E-state index contributed by atoms with van der Waals surface area (Å²) >= 11 is 0. The maximum Gasteiger partial charge on any atom is 0.336 e. The summed E-state index contributed by atoms with van der Waals surface area (Å²) in [6.45, 7) is 7.56. The van der Waals surface area contributed by atoms with Gasteiger partial charge in [-0.3, -0.25) is 0 Å². The van der Waals surface area contributed by atoms with E-state index >= 15 is 0 Å². The van der Waals surface area contributed by atoms with Crippen LogP contribution in [0.15, 0.2) is 44.0 Å². The number of hydrogen-bond acceptors (Lipinski definition) is 3. The van der Waals surface area contributed by atoms with Crippen molar-refractivity contribution in [1.82, 2.24) is 0 Å². The highest BCUT2D eigenvalue weighted by molar-refractivity contribution is 5.81. The highest BCUT2D eigenvalue weighted by atomic mass is 16.4. The molecule has 23 heavy (non-hydrogen) atoms. The van der Waals surface area contributed by atoms with Gasteiger partial charge in [0.05, 0.1) is 7.05 Å². The summed E-state index contributed by atoms with van der Waals surface area (Å²) < 4.78 is 11.0. The molecule has 1 N–H and O–H groups in total. The average molecular weight is 312 g/mol. The van der Waals surface area contributed by atoms with Crippen LogP contribution in [-0.2, 0) is 13.1 Å². The monoisotopic (exact) mass is 312 g/mol. The second-order valence-corrected chi connectivity index (χ2v) is 6.35. The van der Waals surface area contributed by atoms with Crippen molar-refractivity contribution in [2.45, 2.75) is 33.9 Å². The number of fused-ring (bicyclic) bond motifs is 1. The average Bonchev–Trinajstić information content (AvgIpc) is 2.86. The lowest BCUT2D eigenvalue weighted by Crippen LogP contribution is -3.06. The zero-order valence-electron chi connectivity index (χ0n) is 14.0. The molecule has 3 aromatic rings. The predicted molar refractivity (Wildman–Crippen MR) is 89.7 cm³/mol. The number of furan rings is 1. The van der Waals surface area contributed by atoms with Gasteiger partial charge in [-0.1, -0.05) is 0 Å². The summed E-state index contributed by atoms with van der Waals surface area (Å²) in [6, 6.07) is 9.63. The van der Waals surface area contributed by atoms with Crippen molar-refractivity contribution < 1.29 is 13.7 Å². The van der Waals surface area contributed by atoms with Crippen molar-refractivity contribution >= 4 is 11.0 Å². The maximum atomic E-state index is 11.8. The van der Waals surface area contributed by atoms with Crippen molar-refractivity contribution in [3.05, 3.63) is 69.0 Å². The third kappa shape index (κ3) is 3.37. The van der Waals surface area contributed by atoms with Crippen molar-refractivity contribution in [3.63, 3.8) is 0 Å². The molecular weight excluding hydrogens is 290 g/mol. The molecule has 0 spiro atoms. The van der Waals surface area contributed by atoms with Crippen LogP contribution in [0, 0.1) is 20.8 Å². The van der Waals surface area contributed by atoms with Gasteiger partial charge in [0, 0.05) is 17.0 Å².